The lowest BCUT2D eigenvalue weighted by molar-refractivity contribution is -0.255. The third-order valence-corrected chi connectivity index (χ3v) is 8.76. The van der Waals surface area contributed by atoms with Gasteiger partial charge in [0.05, 0.1) is 24.7 Å². The van der Waals surface area contributed by atoms with E-state index in [0.717, 1.165) is 36.0 Å². The van der Waals surface area contributed by atoms with E-state index in [1.165, 1.54) is 69.2 Å². The van der Waals surface area contributed by atoms with E-state index in [1.807, 2.05) is 37.3 Å². The van der Waals surface area contributed by atoms with Gasteiger partial charge in [0.15, 0.2) is 12.4 Å². The van der Waals surface area contributed by atoms with Crippen LogP contribution in [0.5, 0.6) is 0 Å². The number of carboxylic acids is 1. The minimum Gasteiger partial charge on any atom is -0.545 e. The lowest BCUT2D eigenvalue weighted by Gasteiger charge is -2.29. The van der Waals surface area contributed by atoms with E-state index in [0.29, 0.717) is 32.0 Å². The average molecular weight is 698 g/mol. The molecule has 0 amide bonds. The number of rotatable bonds is 18. The van der Waals surface area contributed by atoms with Crippen LogP contribution in [0.4, 0.5) is 13.2 Å². The number of carbonyl (C=O) groups excluding carboxylic acids is 2. The number of carboxylic acid groups (broad SMARTS) is 1. The quantitative estimate of drug-likeness (QED) is 0.0972. The summed E-state index contributed by atoms with van der Waals surface area (Å²) in [5.41, 5.74) is 3.00. The first-order chi connectivity index (χ1) is 24.1. The lowest BCUT2D eigenvalue weighted by Crippen LogP contribution is -2.33. The molecule has 0 aliphatic carbocycles. The van der Waals surface area contributed by atoms with Crippen LogP contribution in [0, 0.1) is 5.92 Å². The van der Waals surface area contributed by atoms with E-state index in [2.05, 4.69) is 6.92 Å². The molecule has 0 aromatic heterocycles. The summed E-state index contributed by atoms with van der Waals surface area (Å²) in [6, 6.07) is 22.4. The van der Waals surface area contributed by atoms with Gasteiger partial charge in [-0.25, -0.2) is 4.79 Å². The second-order valence-corrected chi connectivity index (χ2v) is 12.9. The van der Waals surface area contributed by atoms with Crippen molar-refractivity contribution in [2.24, 2.45) is 5.92 Å². The number of halogens is 3. The molecule has 1 unspecified atom stereocenters. The van der Waals surface area contributed by atoms with Crippen molar-refractivity contribution >= 4 is 11.9 Å². The van der Waals surface area contributed by atoms with E-state index in [-0.39, 0.29) is 23.8 Å². The summed E-state index contributed by atoms with van der Waals surface area (Å²) >= 11 is 0. The Bertz CT molecular complexity index is 1370. The Morgan fingerprint density at radius 2 is 1.24 bits per heavy atom. The first-order valence-corrected chi connectivity index (χ1v) is 18.1. The molecule has 50 heavy (non-hydrogen) atoms. The second-order valence-electron chi connectivity index (χ2n) is 12.9. The summed E-state index contributed by atoms with van der Waals surface area (Å²) in [6.45, 7) is 5.65. The van der Waals surface area contributed by atoms with Crippen LogP contribution in [-0.4, -0.2) is 37.4 Å². The van der Waals surface area contributed by atoms with E-state index in [1.54, 1.807) is 24.3 Å². The van der Waals surface area contributed by atoms with E-state index >= 15 is 0 Å². The summed E-state index contributed by atoms with van der Waals surface area (Å²) in [4.78, 5) is 22.9. The molecule has 1 atom stereocenters. The third kappa shape index (κ3) is 14.7. The highest BCUT2D eigenvalue weighted by atomic mass is 19.4. The topological polar surface area (TPSA) is 84.9 Å². The number of aromatic carboxylic acids is 1. The van der Waals surface area contributed by atoms with Gasteiger partial charge in [-0.05, 0) is 48.1 Å². The molecular formula is C41H52F3O6-. The molecule has 4 rings (SSSR count). The second kappa shape index (κ2) is 22.2. The van der Waals surface area contributed by atoms with Crippen molar-refractivity contribution in [1.82, 2.24) is 0 Å². The number of carbonyl (C=O) groups is 2. The molecule has 9 heteroatoms. The van der Waals surface area contributed by atoms with E-state index in [4.69, 9.17) is 14.2 Å². The van der Waals surface area contributed by atoms with E-state index < -0.39 is 24.2 Å². The number of ether oxygens (including phenoxy) is 3. The first-order valence-electron chi connectivity index (χ1n) is 18.1. The zero-order chi connectivity index (χ0) is 36.2. The van der Waals surface area contributed by atoms with Crippen molar-refractivity contribution < 1.29 is 42.1 Å². The van der Waals surface area contributed by atoms with Gasteiger partial charge in [0.2, 0.25) is 0 Å². The molecule has 274 valence electrons. The monoisotopic (exact) mass is 697 g/mol. The fourth-order valence-electron chi connectivity index (χ4n) is 5.74. The number of alkyl halides is 3. The summed E-state index contributed by atoms with van der Waals surface area (Å²) in [5, 5.41) is 10.8. The lowest BCUT2D eigenvalue weighted by atomic mass is 10.0. The fourth-order valence-corrected chi connectivity index (χ4v) is 5.74. The van der Waals surface area contributed by atoms with Gasteiger partial charge in [-0.2, -0.15) is 13.2 Å². The normalized spacial score (nSPS) is 16.6. The Morgan fingerprint density at radius 1 is 0.720 bits per heavy atom. The van der Waals surface area contributed by atoms with Crippen molar-refractivity contribution in [3.63, 3.8) is 0 Å². The minimum absolute atomic E-state index is 0.118. The Kier molecular flexibility index (Phi) is 18.1. The number of benzene rings is 3. The van der Waals surface area contributed by atoms with Crippen LogP contribution in [0.15, 0.2) is 78.9 Å². The molecule has 0 bridgehead atoms. The number of esters is 1. The van der Waals surface area contributed by atoms with Crippen molar-refractivity contribution in [1.29, 1.82) is 0 Å². The molecule has 0 saturated carbocycles. The molecule has 1 aliphatic rings. The minimum atomic E-state index is -4.55. The highest BCUT2D eigenvalue weighted by Crippen LogP contribution is 2.29. The van der Waals surface area contributed by atoms with Crippen molar-refractivity contribution in [2.75, 3.05) is 13.2 Å². The van der Waals surface area contributed by atoms with Crippen LogP contribution < -0.4 is 5.11 Å². The van der Waals surface area contributed by atoms with Gasteiger partial charge in [-0.3, -0.25) is 0 Å². The molecule has 1 heterocycles. The molecule has 1 aliphatic heterocycles. The highest BCUT2D eigenvalue weighted by molar-refractivity contribution is 5.90. The summed E-state index contributed by atoms with van der Waals surface area (Å²) in [5.74, 6) is -1.64. The van der Waals surface area contributed by atoms with Crippen LogP contribution in [0.25, 0.3) is 11.1 Å². The standard InChI is InChI=1S/C21H23F3O2.C20H30O4/c1-2-3-4-8-11-19(21(22,23)24)26-20(25)18-14-12-17(13-15-18)16-9-6-5-7-10-16;1-2-3-4-5-6-7-8-9-16-14-23-20(24-15-16)18-12-10-17(11-13-18)19(21)22/h5-7,9-10,12-15,19H,2-4,8,11H2,1H3;10-13,16,20H,2-9,14-15H2,1H3,(H,21,22)/p-1. The average Bonchev–Trinajstić information content (AvgIpc) is 3.13. The third-order valence-electron chi connectivity index (χ3n) is 8.76. The van der Waals surface area contributed by atoms with Gasteiger partial charge in [0, 0.05) is 11.5 Å². The number of unbranched alkanes of at least 4 members (excludes halogenated alkanes) is 9. The smallest absolute Gasteiger partial charge is 0.425 e. The molecule has 3 aromatic rings. The Morgan fingerprint density at radius 3 is 1.80 bits per heavy atom. The fraction of sp³-hybridized carbons (Fsp3) is 0.512. The summed E-state index contributed by atoms with van der Waals surface area (Å²) < 4.78 is 55.7. The van der Waals surface area contributed by atoms with Crippen molar-refractivity contribution in [2.45, 2.75) is 116 Å². The molecule has 1 fully saturated rings. The van der Waals surface area contributed by atoms with Gasteiger partial charge in [-0.15, -0.1) is 0 Å². The van der Waals surface area contributed by atoms with Gasteiger partial charge < -0.3 is 24.1 Å². The molecule has 1 saturated heterocycles. The molecular weight excluding hydrogens is 645 g/mol. The predicted molar refractivity (Wildman–Crippen MR) is 187 cm³/mol. The maximum absolute atomic E-state index is 13.1. The summed E-state index contributed by atoms with van der Waals surface area (Å²) in [7, 11) is 0. The zero-order valence-electron chi connectivity index (χ0n) is 29.4. The van der Waals surface area contributed by atoms with Gasteiger partial charge in [0.1, 0.15) is 0 Å². The van der Waals surface area contributed by atoms with Crippen LogP contribution in [0.1, 0.15) is 130 Å². The van der Waals surface area contributed by atoms with Crippen LogP contribution in [0.2, 0.25) is 0 Å². The maximum atomic E-state index is 13.1. The SMILES string of the molecule is CCCCCCC(OC(=O)c1ccc(-c2ccccc2)cc1)C(F)(F)F.CCCCCCCCCC1COC(c2ccc(C(=O)[O-])cc2)OC1. The van der Waals surface area contributed by atoms with Crippen LogP contribution >= 0.6 is 0 Å². The molecule has 0 N–H and O–H groups in total. The van der Waals surface area contributed by atoms with Gasteiger partial charge in [-0.1, -0.05) is 145 Å². The predicted octanol–water partition coefficient (Wildman–Crippen LogP) is 10.3. The summed E-state index contributed by atoms with van der Waals surface area (Å²) in [6.07, 6.45) is 6.13. The van der Waals surface area contributed by atoms with Crippen LogP contribution in [-0.2, 0) is 14.2 Å². The Hall–Kier alpha value is -3.69. The highest BCUT2D eigenvalue weighted by Gasteiger charge is 2.42. The Labute approximate surface area is 295 Å². The number of hydrogen-bond acceptors (Lipinski definition) is 6. The molecule has 0 spiro atoms. The number of hydrogen-bond donors (Lipinski definition) is 0. The maximum Gasteiger partial charge on any atom is 0.425 e. The van der Waals surface area contributed by atoms with Crippen LogP contribution in [0.3, 0.4) is 0 Å². The zero-order valence-corrected chi connectivity index (χ0v) is 29.4. The molecule has 6 nitrogen and oxygen atoms in total. The van der Waals surface area contributed by atoms with Crippen molar-refractivity contribution in [3.8, 4) is 11.1 Å². The largest absolute Gasteiger partial charge is 0.545 e. The van der Waals surface area contributed by atoms with Crippen molar-refractivity contribution in [3.05, 3.63) is 95.6 Å². The molecule has 3 aromatic carbocycles. The molecule has 0 radical (unpaired) electrons. The first kappa shape index (κ1) is 40.7. The van der Waals surface area contributed by atoms with Gasteiger partial charge in [0.25, 0.3) is 0 Å². The van der Waals surface area contributed by atoms with E-state index in [9.17, 15) is 27.9 Å². The van der Waals surface area contributed by atoms with Gasteiger partial charge >= 0.3 is 12.1 Å². The Balaban J connectivity index is 0.000000271.